The van der Waals surface area contributed by atoms with Crippen LogP contribution in [0.15, 0.2) is 35.4 Å². The lowest BCUT2D eigenvalue weighted by molar-refractivity contribution is -0.133. The highest BCUT2D eigenvalue weighted by atomic mass is 32.2. The monoisotopic (exact) mass is 305 g/mol. The van der Waals surface area contributed by atoms with Crippen LogP contribution in [0.2, 0.25) is 0 Å². The molecule has 1 heterocycles. The zero-order valence-electron chi connectivity index (χ0n) is 11.4. The van der Waals surface area contributed by atoms with Gasteiger partial charge in [-0.25, -0.2) is 9.97 Å². The fourth-order valence-electron chi connectivity index (χ4n) is 1.55. The lowest BCUT2D eigenvalue weighted by atomic mass is 10.2. The molecule has 0 amide bonds. The molecular weight excluding hydrogens is 290 g/mol. The number of aromatic nitrogens is 2. The van der Waals surface area contributed by atoms with Crippen LogP contribution in [0.4, 0.5) is 5.82 Å². The highest BCUT2D eigenvalue weighted by Gasteiger charge is 2.06. The molecule has 0 saturated heterocycles. The van der Waals surface area contributed by atoms with E-state index in [-0.39, 0.29) is 12.4 Å². The number of thioether (sulfide) groups is 1. The van der Waals surface area contributed by atoms with Crippen molar-refractivity contribution in [2.75, 3.05) is 11.5 Å². The Morgan fingerprint density at radius 2 is 2.05 bits per heavy atom. The van der Waals surface area contributed by atoms with Gasteiger partial charge in [0.05, 0.1) is 5.75 Å². The van der Waals surface area contributed by atoms with Crippen LogP contribution in [0.3, 0.4) is 0 Å². The summed E-state index contributed by atoms with van der Waals surface area (Å²) in [5, 5.41) is 9.19. The molecule has 7 heteroatoms. The number of nitrogens with two attached hydrogens (primary N) is 1. The number of nitrogen functional groups attached to an aromatic ring is 1. The van der Waals surface area contributed by atoms with Crippen molar-refractivity contribution in [2.24, 2.45) is 0 Å². The third-order valence-electron chi connectivity index (χ3n) is 2.50. The van der Waals surface area contributed by atoms with Gasteiger partial charge in [0.25, 0.3) is 0 Å². The van der Waals surface area contributed by atoms with E-state index in [1.807, 2.05) is 31.2 Å². The van der Waals surface area contributed by atoms with E-state index < -0.39 is 5.97 Å². The Hall–Kier alpha value is -2.28. The molecule has 0 bridgehead atoms. The SMILES string of the molecule is Cc1ccc(OCc2nc(N)cc(SCC(=O)O)n2)cc1. The number of anilines is 1. The maximum atomic E-state index is 10.6. The summed E-state index contributed by atoms with van der Waals surface area (Å²) < 4.78 is 5.58. The number of aryl methyl sites for hydroxylation is 1. The van der Waals surface area contributed by atoms with Gasteiger partial charge in [-0.3, -0.25) is 4.79 Å². The van der Waals surface area contributed by atoms with Crippen LogP contribution in [0.1, 0.15) is 11.4 Å². The molecule has 0 aliphatic rings. The zero-order chi connectivity index (χ0) is 15.2. The van der Waals surface area contributed by atoms with Crippen LogP contribution >= 0.6 is 11.8 Å². The predicted molar refractivity (Wildman–Crippen MR) is 80.3 cm³/mol. The second-order valence-corrected chi connectivity index (χ2v) is 5.33. The van der Waals surface area contributed by atoms with Gasteiger partial charge in [0.2, 0.25) is 0 Å². The second-order valence-electron chi connectivity index (χ2n) is 4.33. The highest BCUT2D eigenvalue weighted by Crippen LogP contribution is 2.18. The van der Waals surface area contributed by atoms with Gasteiger partial charge in [0, 0.05) is 6.07 Å². The minimum absolute atomic E-state index is 0.0747. The molecule has 1 aromatic heterocycles. The zero-order valence-corrected chi connectivity index (χ0v) is 12.3. The predicted octanol–water partition coefficient (Wildman–Crippen LogP) is 2.12. The highest BCUT2D eigenvalue weighted by molar-refractivity contribution is 7.99. The number of hydrogen-bond acceptors (Lipinski definition) is 6. The van der Waals surface area contributed by atoms with E-state index in [0.717, 1.165) is 17.3 Å². The third kappa shape index (κ3) is 4.96. The van der Waals surface area contributed by atoms with E-state index in [9.17, 15) is 4.79 Å². The number of rotatable bonds is 6. The van der Waals surface area contributed by atoms with Gasteiger partial charge in [-0.15, -0.1) is 0 Å². The van der Waals surface area contributed by atoms with Crippen LogP contribution < -0.4 is 10.5 Å². The summed E-state index contributed by atoms with van der Waals surface area (Å²) in [6.07, 6.45) is 0. The largest absolute Gasteiger partial charge is 0.486 e. The smallest absolute Gasteiger partial charge is 0.313 e. The molecule has 2 aromatic rings. The van der Waals surface area contributed by atoms with E-state index in [4.69, 9.17) is 15.6 Å². The van der Waals surface area contributed by atoms with Crippen LogP contribution in [-0.4, -0.2) is 26.8 Å². The molecule has 110 valence electrons. The Bertz CT molecular complexity index is 632. The summed E-state index contributed by atoms with van der Waals surface area (Å²) in [5.74, 6) is 0.444. The van der Waals surface area contributed by atoms with Crippen molar-refractivity contribution in [3.63, 3.8) is 0 Å². The number of nitrogens with zero attached hydrogens (tertiary/aromatic N) is 2. The summed E-state index contributed by atoms with van der Waals surface area (Å²) in [4.78, 5) is 18.9. The van der Waals surface area contributed by atoms with E-state index in [2.05, 4.69) is 9.97 Å². The molecule has 0 spiro atoms. The molecule has 0 aliphatic carbocycles. The molecule has 0 atom stereocenters. The van der Waals surface area contributed by atoms with Crippen molar-refractivity contribution in [3.8, 4) is 5.75 Å². The van der Waals surface area contributed by atoms with Crippen molar-refractivity contribution < 1.29 is 14.6 Å². The standard InChI is InChI=1S/C14H15N3O3S/c1-9-2-4-10(5-3-9)20-7-12-16-11(15)6-13(17-12)21-8-14(18)19/h2-6H,7-8H2,1H3,(H,18,19)(H2,15,16,17). The Morgan fingerprint density at radius 1 is 1.33 bits per heavy atom. The average Bonchev–Trinajstić information content (AvgIpc) is 2.44. The Kier molecular flexibility index (Phi) is 4.99. The van der Waals surface area contributed by atoms with Crippen molar-refractivity contribution >= 4 is 23.5 Å². The van der Waals surface area contributed by atoms with Gasteiger partial charge in [-0.05, 0) is 19.1 Å². The molecule has 2 rings (SSSR count). The summed E-state index contributed by atoms with van der Waals surface area (Å²) in [6.45, 7) is 2.17. The maximum Gasteiger partial charge on any atom is 0.313 e. The molecule has 0 aliphatic heterocycles. The van der Waals surface area contributed by atoms with Crippen LogP contribution in [0, 0.1) is 6.92 Å². The fraction of sp³-hybridized carbons (Fsp3) is 0.214. The van der Waals surface area contributed by atoms with Crippen LogP contribution in [0.5, 0.6) is 5.75 Å². The normalized spacial score (nSPS) is 10.3. The molecule has 21 heavy (non-hydrogen) atoms. The van der Waals surface area contributed by atoms with Crippen LogP contribution in [0.25, 0.3) is 0 Å². The van der Waals surface area contributed by atoms with Gasteiger partial charge in [-0.1, -0.05) is 29.5 Å². The number of ether oxygens (including phenoxy) is 1. The molecule has 0 fully saturated rings. The maximum absolute atomic E-state index is 10.6. The van der Waals surface area contributed by atoms with Crippen molar-refractivity contribution in [3.05, 3.63) is 41.7 Å². The summed E-state index contributed by atoms with van der Waals surface area (Å²) in [7, 11) is 0. The van der Waals surface area contributed by atoms with Gasteiger partial charge < -0.3 is 15.6 Å². The fourth-order valence-corrected chi connectivity index (χ4v) is 2.19. The Balaban J connectivity index is 2.02. The third-order valence-corrected chi connectivity index (χ3v) is 3.40. The van der Waals surface area contributed by atoms with E-state index in [1.54, 1.807) is 6.07 Å². The van der Waals surface area contributed by atoms with Crippen LogP contribution in [-0.2, 0) is 11.4 Å². The number of carboxylic acids is 1. The van der Waals surface area contributed by atoms with E-state index in [1.165, 1.54) is 0 Å². The first-order chi connectivity index (χ1) is 10.0. The Morgan fingerprint density at radius 3 is 2.71 bits per heavy atom. The first-order valence-electron chi connectivity index (χ1n) is 6.20. The van der Waals surface area contributed by atoms with Crippen molar-refractivity contribution in [1.82, 2.24) is 9.97 Å². The average molecular weight is 305 g/mol. The second kappa shape index (κ2) is 6.94. The minimum Gasteiger partial charge on any atom is -0.486 e. The number of carbonyl (C=O) groups is 1. The van der Waals surface area contributed by atoms with E-state index >= 15 is 0 Å². The molecule has 1 aromatic carbocycles. The lowest BCUT2D eigenvalue weighted by Gasteiger charge is -2.07. The van der Waals surface area contributed by atoms with Crippen molar-refractivity contribution in [2.45, 2.75) is 18.6 Å². The topological polar surface area (TPSA) is 98.3 Å². The lowest BCUT2D eigenvalue weighted by Crippen LogP contribution is -2.06. The van der Waals surface area contributed by atoms with Gasteiger partial charge in [-0.2, -0.15) is 0 Å². The summed E-state index contributed by atoms with van der Waals surface area (Å²) >= 11 is 1.09. The van der Waals surface area contributed by atoms with Crippen molar-refractivity contribution in [1.29, 1.82) is 0 Å². The van der Waals surface area contributed by atoms with E-state index in [0.29, 0.717) is 22.4 Å². The number of aliphatic carboxylic acids is 1. The molecule has 3 N–H and O–H groups in total. The van der Waals surface area contributed by atoms with Gasteiger partial charge in [0.1, 0.15) is 23.2 Å². The quantitative estimate of drug-likeness (QED) is 0.623. The van der Waals surface area contributed by atoms with Gasteiger partial charge >= 0.3 is 5.97 Å². The molecule has 6 nitrogen and oxygen atoms in total. The first-order valence-corrected chi connectivity index (χ1v) is 7.19. The number of carboxylic acid groups (broad SMARTS) is 1. The molecule has 0 unspecified atom stereocenters. The molecular formula is C14H15N3O3S. The Labute approximate surface area is 126 Å². The number of benzene rings is 1. The van der Waals surface area contributed by atoms with Gasteiger partial charge in [0.15, 0.2) is 5.82 Å². The molecule has 0 radical (unpaired) electrons. The summed E-state index contributed by atoms with van der Waals surface area (Å²) in [6, 6.07) is 9.17. The molecule has 0 saturated carbocycles. The number of hydrogen-bond donors (Lipinski definition) is 2. The minimum atomic E-state index is -0.908. The first kappa shape index (κ1) is 15.1. The summed E-state index contributed by atoms with van der Waals surface area (Å²) in [5.41, 5.74) is 6.84.